The Hall–Kier alpha value is -2.50. The average Bonchev–Trinajstić information content (AvgIpc) is 2.67. The molecular weight excluding hydrogens is 239 g/mol. The summed E-state index contributed by atoms with van der Waals surface area (Å²) in [5.74, 6) is -1.16. The largest absolute Gasteiger partial charge is 0.298 e. The second-order valence-corrected chi connectivity index (χ2v) is 3.66. The fraction of sp³-hybridized carbons (Fsp3) is 0.0833. The van der Waals surface area contributed by atoms with E-state index in [1.165, 1.54) is 18.2 Å². The zero-order valence-electron chi connectivity index (χ0n) is 9.44. The van der Waals surface area contributed by atoms with Gasteiger partial charge in [0.1, 0.15) is 11.4 Å². The Balaban J connectivity index is 2.77. The van der Waals surface area contributed by atoms with Crippen molar-refractivity contribution < 1.29 is 14.0 Å². The summed E-state index contributed by atoms with van der Waals surface area (Å²) in [6.07, 6.45) is 0.306. The Morgan fingerprint density at radius 1 is 1.39 bits per heavy atom. The van der Waals surface area contributed by atoms with Crippen molar-refractivity contribution >= 4 is 12.2 Å². The van der Waals surface area contributed by atoms with Gasteiger partial charge in [0.05, 0.1) is 5.69 Å². The molecule has 0 bridgehead atoms. The van der Waals surface area contributed by atoms with Gasteiger partial charge in [-0.05, 0) is 12.1 Å². The number of hydrogen-bond donors (Lipinski definition) is 1. The van der Waals surface area contributed by atoms with E-state index < -0.39 is 17.3 Å². The van der Waals surface area contributed by atoms with E-state index in [1.54, 1.807) is 6.07 Å². The van der Waals surface area contributed by atoms with Gasteiger partial charge < -0.3 is 0 Å². The summed E-state index contributed by atoms with van der Waals surface area (Å²) in [5.41, 5.74) is -0.981. The molecule has 0 fully saturated rings. The Morgan fingerprint density at radius 2 is 2.06 bits per heavy atom. The lowest BCUT2D eigenvalue weighted by Crippen LogP contribution is -2.23. The van der Waals surface area contributed by atoms with Crippen LogP contribution in [0.25, 0.3) is 11.3 Å². The molecule has 0 radical (unpaired) electrons. The number of aromatic nitrogens is 2. The molecule has 0 saturated carbocycles. The van der Waals surface area contributed by atoms with Crippen LogP contribution in [0.5, 0.6) is 0 Å². The van der Waals surface area contributed by atoms with Crippen LogP contribution in [-0.4, -0.2) is 22.0 Å². The van der Waals surface area contributed by atoms with Crippen LogP contribution in [0.4, 0.5) is 4.39 Å². The van der Waals surface area contributed by atoms with Crippen LogP contribution in [0, 0.1) is 5.82 Å². The third kappa shape index (κ3) is 1.77. The maximum absolute atomic E-state index is 13.6. The first-order valence-corrected chi connectivity index (χ1v) is 5.12. The summed E-state index contributed by atoms with van der Waals surface area (Å²) >= 11 is 0. The zero-order valence-corrected chi connectivity index (χ0v) is 9.44. The highest BCUT2D eigenvalue weighted by Gasteiger charge is 2.18. The van der Waals surface area contributed by atoms with E-state index in [9.17, 15) is 18.8 Å². The minimum Gasteiger partial charge on any atom is -0.298 e. The first-order chi connectivity index (χ1) is 8.56. The van der Waals surface area contributed by atoms with Crippen LogP contribution in [0.15, 0.2) is 29.1 Å². The fourth-order valence-electron chi connectivity index (χ4n) is 1.65. The van der Waals surface area contributed by atoms with Crippen LogP contribution < -0.4 is 5.56 Å². The molecule has 0 unspecified atom stereocenters. The summed E-state index contributed by atoms with van der Waals surface area (Å²) in [6, 6.07) is 5.67. The van der Waals surface area contributed by atoms with Gasteiger partial charge in [0.15, 0.2) is 6.29 Å². The molecule has 1 heterocycles. The second kappa shape index (κ2) is 4.40. The van der Waals surface area contributed by atoms with Crippen molar-refractivity contribution in [3.05, 3.63) is 46.0 Å². The number of nitrogens with zero attached hydrogens (tertiary/aromatic N) is 1. The van der Waals surface area contributed by atoms with Crippen molar-refractivity contribution in [3.8, 4) is 11.3 Å². The van der Waals surface area contributed by atoms with Gasteiger partial charge in [0.2, 0.25) is 5.91 Å². The Labute approximate surface area is 101 Å². The molecule has 0 amide bonds. The van der Waals surface area contributed by atoms with Gasteiger partial charge in [-0.15, -0.1) is 0 Å². The number of benzene rings is 1. The maximum Gasteiger partial charge on any atom is 0.284 e. The molecule has 0 aliphatic heterocycles. The van der Waals surface area contributed by atoms with E-state index in [2.05, 4.69) is 5.10 Å². The highest BCUT2D eigenvalue weighted by molar-refractivity contribution is 5.87. The molecule has 2 rings (SSSR count). The number of nitrogens with one attached hydrogen (secondary N) is 1. The van der Waals surface area contributed by atoms with E-state index >= 15 is 0 Å². The van der Waals surface area contributed by atoms with E-state index in [1.807, 2.05) is 0 Å². The van der Waals surface area contributed by atoms with E-state index in [-0.39, 0.29) is 16.8 Å². The van der Waals surface area contributed by atoms with E-state index in [0.717, 1.165) is 6.92 Å². The standard InChI is InChI=1S/C12H9FN2O3/c1-7(17)15-12(18)9(6-16)11(14-15)8-4-2-3-5-10(8)13/h2-6,14H,1H3. The highest BCUT2D eigenvalue weighted by atomic mass is 19.1. The lowest BCUT2D eigenvalue weighted by atomic mass is 10.1. The van der Waals surface area contributed by atoms with Crippen LogP contribution in [0.3, 0.4) is 0 Å². The summed E-state index contributed by atoms with van der Waals surface area (Å²) in [5, 5.41) is 2.44. The molecule has 1 aromatic heterocycles. The quantitative estimate of drug-likeness (QED) is 0.817. The lowest BCUT2D eigenvalue weighted by Gasteiger charge is -2.00. The molecule has 0 aliphatic rings. The Bertz CT molecular complexity index is 685. The number of rotatable bonds is 2. The molecule has 5 nitrogen and oxygen atoms in total. The van der Waals surface area contributed by atoms with Crippen LogP contribution in [0.1, 0.15) is 22.1 Å². The summed E-state index contributed by atoms with van der Waals surface area (Å²) in [4.78, 5) is 33.8. The van der Waals surface area contributed by atoms with Crippen LogP contribution >= 0.6 is 0 Å². The minimum absolute atomic E-state index is 0.00306. The van der Waals surface area contributed by atoms with Gasteiger partial charge in [-0.2, -0.15) is 4.68 Å². The topological polar surface area (TPSA) is 71.9 Å². The summed E-state index contributed by atoms with van der Waals surface area (Å²) < 4.78 is 14.3. The van der Waals surface area contributed by atoms with Crippen LogP contribution in [-0.2, 0) is 0 Å². The molecule has 0 atom stereocenters. The molecule has 0 aliphatic carbocycles. The first-order valence-electron chi connectivity index (χ1n) is 5.12. The minimum atomic E-state index is -0.782. The van der Waals surface area contributed by atoms with Gasteiger partial charge in [0.25, 0.3) is 5.56 Å². The van der Waals surface area contributed by atoms with Crippen molar-refractivity contribution in [1.29, 1.82) is 0 Å². The monoisotopic (exact) mass is 248 g/mol. The number of aromatic amines is 1. The second-order valence-electron chi connectivity index (χ2n) is 3.66. The van der Waals surface area contributed by atoms with Crippen molar-refractivity contribution in [3.63, 3.8) is 0 Å². The van der Waals surface area contributed by atoms with E-state index in [0.29, 0.717) is 11.0 Å². The SMILES string of the molecule is CC(=O)n1[nH]c(-c2ccccc2F)c(C=O)c1=O. The molecule has 2 aromatic rings. The van der Waals surface area contributed by atoms with Crippen molar-refractivity contribution in [2.45, 2.75) is 6.92 Å². The molecule has 1 aromatic carbocycles. The van der Waals surface area contributed by atoms with Gasteiger partial charge in [-0.25, -0.2) is 4.39 Å². The maximum atomic E-state index is 13.6. The normalized spacial score (nSPS) is 10.3. The first kappa shape index (κ1) is 12.0. The van der Waals surface area contributed by atoms with Crippen molar-refractivity contribution in [1.82, 2.24) is 9.78 Å². The number of carbonyl (C=O) groups is 2. The summed E-state index contributed by atoms with van der Waals surface area (Å²) in [7, 11) is 0. The number of halogens is 1. The Morgan fingerprint density at radius 3 is 2.61 bits per heavy atom. The third-order valence-corrected chi connectivity index (χ3v) is 2.50. The van der Waals surface area contributed by atoms with Gasteiger partial charge in [-0.3, -0.25) is 19.5 Å². The lowest BCUT2D eigenvalue weighted by molar-refractivity contribution is 0.0917. The van der Waals surface area contributed by atoms with Crippen molar-refractivity contribution in [2.24, 2.45) is 0 Å². The molecule has 92 valence electrons. The average molecular weight is 248 g/mol. The highest BCUT2D eigenvalue weighted by Crippen LogP contribution is 2.21. The number of H-pyrrole nitrogens is 1. The fourth-order valence-corrected chi connectivity index (χ4v) is 1.65. The molecule has 6 heteroatoms. The molecule has 0 spiro atoms. The smallest absolute Gasteiger partial charge is 0.284 e. The predicted molar refractivity (Wildman–Crippen MR) is 62.1 cm³/mol. The van der Waals surface area contributed by atoms with Gasteiger partial charge >= 0.3 is 0 Å². The number of aldehydes is 1. The predicted octanol–water partition coefficient (Wildman–Crippen LogP) is 1.46. The van der Waals surface area contributed by atoms with E-state index in [4.69, 9.17) is 0 Å². The van der Waals surface area contributed by atoms with Gasteiger partial charge in [-0.1, -0.05) is 12.1 Å². The number of hydrogen-bond acceptors (Lipinski definition) is 3. The van der Waals surface area contributed by atoms with Gasteiger partial charge in [0, 0.05) is 12.5 Å². The third-order valence-electron chi connectivity index (χ3n) is 2.50. The molecule has 1 N–H and O–H groups in total. The summed E-state index contributed by atoms with van der Waals surface area (Å²) in [6.45, 7) is 1.16. The van der Waals surface area contributed by atoms with Crippen LogP contribution in [0.2, 0.25) is 0 Å². The Kier molecular flexibility index (Phi) is 2.93. The molecule has 0 saturated heterocycles. The van der Waals surface area contributed by atoms with Crippen molar-refractivity contribution in [2.75, 3.05) is 0 Å². The molecule has 18 heavy (non-hydrogen) atoms. The molecular formula is C12H9FN2O3. The number of carbonyl (C=O) groups excluding carboxylic acids is 2. The zero-order chi connectivity index (χ0) is 13.3.